The highest BCUT2D eigenvalue weighted by atomic mass is 16.3. The number of nitrogens with zero attached hydrogens (tertiary/aromatic N) is 1. The van der Waals surface area contributed by atoms with Crippen molar-refractivity contribution < 1.29 is 4.42 Å². The van der Waals surface area contributed by atoms with Crippen molar-refractivity contribution in [1.29, 1.82) is 0 Å². The van der Waals surface area contributed by atoms with Gasteiger partial charge in [-0.25, -0.2) is 0 Å². The van der Waals surface area contributed by atoms with E-state index in [4.69, 9.17) is 10.2 Å². The van der Waals surface area contributed by atoms with E-state index in [0.29, 0.717) is 0 Å². The van der Waals surface area contributed by atoms with Crippen LogP contribution in [0.25, 0.3) is 11.1 Å². The van der Waals surface area contributed by atoms with Gasteiger partial charge in [-0.1, -0.05) is 0 Å². The van der Waals surface area contributed by atoms with Crippen LogP contribution in [0.2, 0.25) is 0 Å². The predicted octanol–water partition coefficient (Wildman–Crippen LogP) is 2.11. The molecule has 0 aliphatic heterocycles. The number of furan rings is 1. The Morgan fingerprint density at radius 1 is 1.50 bits per heavy atom. The van der Waals surface area contributed by atoms with Crippen LogP contribution < -0.4 is 5.73 Å². The van der Waals surface area contributed by atoms with E-state index >= 15 is 0 Å². The first-order valence-electron chi connectivity index (χ1n) is 4.66. The molecular weight excluding hydrogens is 176 g/mol. The average Bonchev–Trinajstić information content (AvgIpc) is 2.47. The first-order valence-corrected chi connectivity index (χ1v) is 4.66. The first-order chi connectivity index (χ1) is 6.56. The van der Waals surface area contributed by atoms with E-state index in [1.54, 1.807) is 12.5 Å². The molecule has 2 heterocycles. The summed E-state index contributed by atoms with van der Waals surface area (Å²) in [6, 6.07) is 3.78. The van der Waals surface area contributed by atoms with Crippen LogP contribution in [0.4, 0.5) is 0 Å². The van der Waals surface area contributed by atoms with Crippen molar-refractivity contribution >= 4 is 11.1 Å². The largest absolute Gasteiger partial charge is 0.462 e. The fourth-order valence-electron chi connectivity index (χ4n) is 1.53. The Labute approximate surface area is 82.9 Å². The van der Waals surface area contributed by atoms with Gasteiger partial charge in [0.15, 0.2) is 5.58 Å². The summed E-state index contributed by atoms with van der Waals surface area (Å²) in [7, 11) is 0. The number of hydrogen-bond donors (Lipinski definition) is 1. The van der Waals surface area contributed by atoms with Crippen molar-refractivity contribution in [3.05, 3.63) is 30.2 Å². The summed E-state index contributed by atoms with van der Waals surface area (Å²) < 4.78 is 5.38. The van der Waals surface area contributed by atoms with E-state index in [1.165, 1.54) is 0 Å². The third-order valence-electron chi connectivity index (χ3n) is 2.05. The van der Waals surface area contributed by atoms with Crippen molar-refractivity contribution in [2.75, 3.05) is 0 Å². The van der Waals surface area contributed by atoms with Crippen LogP contribution >= 0.6 is 0 Å². The van der Waals surface area contributed by atoms with Gasteiger partial charge in [0.25, 0.3) is 0 Å². The molecule has 2 aromatic heterocycles. The summed E-state index contributed by atoms with van der Waals surface area (Å²) in [5, 5.41) is 0. The summed E-state index contributed by atoms with van der Waals surface area (Å²) in [6.45, 7) is 3.99. The summed E-state index contributed by atoms with van der Waals surface area (Å²) in [6.07, 6.45) is 4.29. The predicted molar refractivity (Wildman–Crippen MR) is 56.0 cm³/mol. The molecule has 3 heteroatoms. The van der Waals surface area contributed by atoms with Gasteiger partial charge in [-0.05, 0) is 32.4 Å². The van der Waals surface area contributed by atoms with Gasteiger partial charge in [0.05, 0.1) is 6.26 Å². The third-order valence-corrected chi connectivity index (χ3v) is 2.05. The SMILES string of the molecule is CC(C)(N)Cc1coc2cccnc12. The first kappa shape index (κ1) is 9.21. The Morgan fingerprint density at radius 2 is 2.29 bits per heavy atom. The van der Waals surface area contributed by atoms with Gasteiger partial charge in [-0.2, -0.15) is 0 Å². The number of fused-ring (bicyclic) bond motifs is 1. The lowest BCUT2D eigenvalue weighted by Gasteiger charge is -2.16. The highest BCUT2D eigenvalue weighted by molar-refractivity contribution is 5.76. The van der Waals surface area contributed by atoms with Gasteiger partial charge in [-0.15, -0.1) is 0 Å². The molecule has 74 valence electrons. The molecule has 2 aromatic rings. The van der Waals surface area contributed by atoms with Crippen LogP contribution in [-0.2, 0) is 6.42 Å². The molecule has 0 spiro atoms. The zero-order valence-electron chi connectivity index (χ0n) is 8.45. The van der Waals surface area contributed by atoms with Gasteiger partial charge < -0.3 is 10.2 Å². The lowest BCUT2D eigenvalue weighted by molar-refractivity contribution is 0.511. The fraction of sp³-hybridized carbons (Fsp3) is 0.364. The lowest BCUT2D eigenvalue weighted by atomic mass is 9.97. The second kappa shape index (κ2) is 3.10. The minimum Gasteiger partial charge on any atom is -0.462 e. The monoisotopic (exact) mass is 190 g/mol. The quantitative estimate of drug-likeness (QED) is 0.789. The molecule has 0 radical (unpaired) electrons. The standard InChI is InChI=1S/C11H14N2O/c1-11(2,12)6-8-7-14-9-4-3-5-13-10(8)9/h3-5,7H,6,12H2,1-2H3. The smallest absolute Gasteiger partial charge is 0.152 e. The summed E-state index contributed by atoms with van der Waals surface area (Å²) in [4.78, 5) is 4.28. The maximum atomic E-state index is 5.95. The van der Waals surface area contributed by atoms with Crippen LogP contribution in [0.1, 0.15) is 19.4 Å². The molecule has 0 aromatic carbocycles. The van der Waals surface area contributed by atoms with Crippen LogP contribution in [0.15, 0.2) is 29.0 Å². The minimum absolute atomic E-state index is 0.228. The Kier molecular flexibility index (Phi) is 2.04. The molecule has 0 amide bonds. The molecule has 3 nitrogen and oxygen atoms in total. The van der Waals surface area contributed by atoms with E-state index < -0.39 is 0 Å². The zero-order chi connectivity index (χ0) is 10.2. The fourth-order valence-corrected chi connectivity index (χ4v) is 1.53. The molecular formula is C11H14N2O. The molecule has 0 saturated carbocycles. The van der Waals surface area contributed by atoms with Crippen molar-refractivity contribution in [3.8, 4) is 0 Å². The number of pyridine rings is 1. The van der Waals surface area contributed by atoms with Crippen molar-refractivity contribution in [2.45, 2.75) is 25.8 Å². The number of hydrogen-bond acceptors (Lipinski definition) is 3. The van der Waals surface area contributed by atoms with Crippen LogP contribution in [0.3, 0.4) is 0 Å². The number of rotatable bonds is 2. The maximum absolute atomic E-state index is 5.95. The average molecular weight is 190 g/mol. The van der Waals surface area contributed by atoms with Crippen LogP contribution in [0, 0.1) is 0 Å². The highest BCUT2D eigenvalue weighted by Gasteiger charge is 2.16. The van der Waals surface area contributed by atoms with E-state index in [0.717, 1.165) is 23.1 Å². The summed E-state index contributed by atoms with van der Waals surface area (Å²) >= 11 is 0. The van der Waals surface area contributed by atoms with Crippen LogP contribution in [-0.4, -0.2) is 10.5 Å². The molecule has 0 aliphatic rings. The normalized spacial score (nSPS) is 12.2. The topological polar surface area (TPSA) is 52.0 Å². The Hall–Kier alpha value is -1.35. The van der Waals surface area contributed by atoms with E-state index in [1.807, 2.05) is 26.0 Å². The molecule has 2 rings (SSSR count). The van der Waals surface area contributed by atoms with E-state index in [9.17, 15) is 0 Å². The number of aromatic nitrogens is 1. The van der Waals surface area contributed by atoms with Crippen molar-refractivity contribution in [2.24, 2.45) is 5.73 Å². The van der Waals surface area contributed by atoms with Gasteiger partial charge in [-0.3, -0.25) is 4.98 Å². The number of nitrogens with two attached hydrogens (primary N) is 1. The van der Waals surface area contributed by atoms with E-state index in [-0.39, 0.29) is 5.54 Å². The molecule has 0 atom stereocenters. The molecule has 0 bridgehead atoms. The minimum atomic E-state index is -0.228. The molecule has 0 fully saturated rings. The Bertz CT molecular complexity index is 440. The Balaban J connectivity index is 2.44. The second-order valence-corrected chi connectivity index (χ2v) is 4.28. The van der Waals surface area contributed by atoms with Gasteiger partial charge in [0, 0.05) is 17.3 Å². The third kappa shape index (κ3) is 1.77. The summed E-state index contributed by atoms with van der Waals surface area (Å²) in [5.74, 6) is 0. The van der Waals surface area contributed by atoms with Gasteiger partial charge in [0.1, 0.15) is 5.52 Å². The maximum Gasteiger partial charge on any atom is 0.152 e. The van der Waals surface area contributed by atoms with E-state index in [2.05, 4.69) is 4.98 Å². The molecule has 0 aliphatic carbocycles. The van der Waals surface area contributed by atoms with Gasteiger partial charge in [0.2, 0.25) is 0 Å². The summed E-state index contributed by atoms with van der Waals surface area (Å²) in [5.41, 5.74) is 8.55. The highest BCUT2D eigenvalue weighted by Crippen LogP contribution is 2.21. The lowest BCUT2D eigenvalue weighted by Crippen LogP contribution is -2.34. The van der Waals surface area contributed by atoms with Crippen LogP contribution in [0.5, 0.6) is 0 Å². The molecule has 0 saturated heterocycles. The second-order valence-electron chi connectivity index (χ2n) is 4.28. The van der Waals surface area contributed by atoms with Crippen molar-refractivity contribution in [3.63, 3.8) is 0 Å². The zero-order valence-corrected chi connectivity index (χ0v) is 8.45. The molecule has 0 unspecified atom stereocenters. The van der Waals surface area contributed by atoms with Crippen molar-refractivity contribution in [1.82, 2.24) is 4.98 Å². The van der Waals surface area contributed by atoms with Gasteiger partial charge >= 0.3 is 0 Å². The molecule has 14 heavy (non-hydrogen) atoms. The Morgan fingerprint density at radius 3 is 3.00 bits per heavy atom. The molecule has 2 N–H and O–H groups in total.